The summed E-state index contributed by atoms with van der Waals surface area (Å²) in [4.78, 5) is 0. The van der Waals surface area contributed by atoms with Gasteiger partial charge in [0.25, 0.3) is 0 Å². The summed E-state index contributed by atoms with van der Waals surface area (Å²) < 4.78 is 0. The summed E-state index contributed by atoms with van der Waals surface area (Å²) in [5.74, 6) is -0.345. The van der Waals surface area contributed by atoms with Crippen LogP contribution in [0.15, 0.2) is 36.4 Å². The van der Waals surface area contributed by atoms with E-state index in [9.17, 15) is 20.4 Å². The average Bonchev–Trinajstić information content (AvgIpc) is 2.13. The highest BCUT2D eigenvalue weighted by molar-refractivity contribution is 5.65. The van der Waals surface area contributed by atoms with E-state index in [-0.39, 0.29) is 23.0 Å². The predicted octanol–water partition coefficient (Wildman–Crippen LogP) is 2.25. The van der Waals surface area contributed by atoms with E-state index >= 15 is 0 Å². The van der Waals surface area contributed by atoms with E-state index < -0.39 is 0 Å². The molecule has 0 heterocycles. The molecular formula is C12H11NO4. The minimum atomic E-state index is -0.0862. The molecular weight excluding hydrogens is 222 g/mol. The summed E-state index contributed by atoms with van der Waals surface area (Å²) in [5, 5.41) is 40.0. The second-order valence-electron chi connectivity index (χ2n) is 3.60. The van der Waals surface area contributed by atoms with Crippen molar-refractivity contribution < 1.29 is 20.4 Å². The van der Waals surface area contributed by atoms with Gasteiger partial charge in [0, 0.05) is 47.8 Å². The van der Waals surface area contributed by atoms with Gasteiger partial charge in [-0.15, -0.1) is 0 Å². The van der Waals surface area contributed by atoms with Crippen LogP contribution in [-0.2, 0) is 0 Å². The van der Waals surface area contributed by atoms with Crippen molar-refractivity contribution in [2.24, 2.45) is 0 Å². The van der Waals surface area contributed by atoms with Crippen LogP contribution in [0.5, 0.6) is 23.0 Å². The maximum Gasteiger partial charge on any atom is 0.121 e. The highest BCUT2D eigenvalue weighted by Gasteiger charge is 2.02. The van der Waals surface area contributed by atoms with E-state index in [1.54, 1.807) is 0 Å². The van der Waals surface area contributed by atoms with E-state index in [2.05, 4.69) is 5.32 Å². The Morgan fingerprint density at radius 1 is 0.529 bits per heavy atom. The molecule has 0 aliphatic rings. The zero-order chi connectivity index (χ0) is 12.4. The predicted molar refractivity (Wildman–Crippen MR) is 62.8 cm³/mol. The van der Waals surface area contributed by atoms with E-state index in [1.165, 1.54) is 36.4 Å². The molecule has 0 radical (unpaired) electrons. The molecule has 0 fully saturated rings. The molecule has 0 spiro atoms. The Bertz CT molecular complexity index is 464. The zero-order valence-electron chi connectivity index (χ0n) is 8.75. The Morgan fingerprint density at radius 3 is 1.12 bits per heavy atom. The molecule has 5 nitrogen and oxygen atoms in total. The summed E-state index contributed by atoms with van der Waals surface area (Å²) in [6, 6.07) is 8.01. The highest BCUT2D eigenvalue weighted by Crippen LogP contribution is 2.30. The molecule has 5 N–H and O–H groups in total. The highest BCUT2D eigenvalue weighted by atomic mass is 16.3. The number of hydrogen-bond acceptors (Lipinski definition) is 5. The van der Waals surface area contributed by atoms with Crippen LogP contribution in [0.25, 0.3) is 0 Å². The largest absolute Gasteiger partial charge is 0.508 e. The SMILES string of the molecule is Oc1cc(O)cc(Nc2cc(O)cc(O)c2)c1. The molecule has 0 aromatic heterocycles. The van der Waals surface area contributed by atoms with Crippen LogP contribution in [0, 0.1) is 0 Å². The summed E-state index contributed by atoms with van der Waals surface area (Å²) >= 11 is 0. The first-order valence-corrected chi connectivity index (χ1v) is 4.86. The maximum atomic E-state index is 9.28. The van der Waals surface area contributed by atoms with E-state index in [4.69, 9.17) is 0 Å². The van der Waals surface area contributed by atoms with Crippen LogP contribution in [0.4, 0.5) is 11.4 Å². The van der Waals surface area contributed by atoms with E-state index in [0.717, 1.165) is 0 Å². The lowest BCUT2D eigenvalue weighted by atomic mass is 10.2. The molecule has 2 aromatic rings. The van der Waals surface area contributed by atoms with Crippen LogP contribution in [-0.4, -0.2) is 20.4 Å². The molecule has 2 rings (SSSR count). The minimum absolute atomic E-state index is 0.0862. The van der Waals surface area contributed by atoms with Crippen molar-refractivity contribution in [3.63, 3.8) is 0 Å². The summed E-state index contributed by atoms with van der Waals surface area (Å²) in [6.07, 6.45) is 0. The number of rotatable bonds is 2. The van der Waals surface area contributed by atoms with Crippen LogP contribution in [0.2, 0.25) is 0 Å². The molecule has 0 atom stereocenters. The molecule has 88 valence electrons. The first-order chi connectivity index (χ1) is 8.02. The van der Waals surface area contributed by atoms with Gasteiger partial charge < -0.3 is 25.7 Å². The van der Waals surface area contributed by atoms with Gasteiger partial charge in [-0.3, -0.25) is 0 Å². The lowest BCUT2D eigenvalue weighted by molar-refractivity contribution is 0.450. The number of nitrogens with one attached hydrogen (secondary N) is 1. The van der Waals surface area contributed by atoms with Gasteiger partial charge in [-0.05, 0) is 0 Å². The smallest absolute Gasteiger partial charge is 0.121 e. The Hall–Kier alpha value is -2.56. The number of aromatic hydroxyl groups is 4. The fourth-order valence-corrected chi connectivity index (χ4v) is 1.50. The van der Waals surface area contributed by atoms with Crippen molar-refractivity contribution >= 4 is 11.4 Å². The second-order valence-corrected chi connectivity index (χ2v) is 3.60. The molecule has 5 heteroatoms. The standard InChI is InChI=1S/C12H11NO4/c14-9-1-7(2-10(15)5-9)13-8-3-11(16)6-12(17)4-8/h1-6,13-17H. The van der Waals surface area contributed by atoms with Crippen molar-refractivity contribution in [1.29, 1.82) is 0 Å². The van der Waals surface area contributed by atoms with Crippen molar-refractivity contribution in [3.8, 4) is 23.0 Å². The molecule has 0 bridgehead atoms. The van der Waals surface area contributed by atoms with Crippen LogP contribution in [0.1, 0.15) is 0 Å². The maximum absolute atomic E-state index is 9.28. The van der Waals surface area contributed by atoms with Crippen LogP contribution < -0.4 is 5.32 Å². The Balaban J connectivity index is 2.31. The Labute approximate surface area is 97.2 Å². The van der Waals surface area contributed by atoms with Gasteiger partial charge in [0.15, 0.2) is 0 Å². The molecule has 17 heavy (non-hydrogen) atoms. The third-order valence-electron chi connectivity index (χ3n) is 2.09. The average molecular weight is 233 g/mol. The van der Waals surface area contributed by atoms with Gasteiger partial charge in [-0.1, -0.05) is 0 Å². The van der Waals surface area contributed by atoms with Crippen LogP contribution in [0.3, 0.4) is 0 Å². The monoisotopic (exact) mass is 233 g/mol. The van der Waals surface area contributed by atoms with Gasteiger partial charge in [-0.25, -0.2) is 0 Å². The first kappa shape index (κ1) is 10.9. The summed E-state index contributed by atoms with van der Waals surface area (Å²) in [5.41, 5.74) is 0.875. The lowest BCUT2D eigenvalue weighted by Gasteiger charge is -2.08. The van der Waals surface area contributed by atoms with E-state index in [1.807, 2.05) is 0 Å². The van der Waals surface area contributed by atoms with Gasteiger partial charge in [0.05, 0.1) is 0 Å². The molecule has 0 saturated carbocycles. The molecule has 0 aliphatic heterocycles. The van der Waals surface area contributed by atoms with Gasteiger partial charge in [0.1, 0.15) is 23.0 Å². The van der Waals surface area contributed by atoms with Crippen LogP contribution >= 0.6 is 0 Å². The number of benzene rings is 2. The molecule has 0 aliphatic carbocycles. The summed E-state index contributed by atoms with van der Waals surface area (Å²) in [6.45, 7) is 0. The second kappa shape index (κ2) is 4.13. The Morgan fingerprint density at radius 2 is 0.824 bits per heavy atom. The number of hydrogen-bond donors (Lipinski definition) is 5. The third kappa shape index (κ3) is 2.72. The number of anilines is 2. The van der Waals surface area contributed by atoms with Gasteiger partial charge in [-0.2, -0.15) is 0 Å². The fourth-order valence-electron chi connectivity index (χ4n) is 1.50. The minimum Gasteiger partial charge on any atom is -0.508 e. The molecule has 2 aromatic carbocycles. The Kier molecular flexibility index (Phi) is 2.66. The zero-order valence-corrected chi connectivity index (χ0v) is 8.75. The topological polar surface area (TPSA) is 93.0 Å². The van der Waals surface area contributed by atoms with Gasteiger partial charge >= 0.3 is 0 Å². The molecule has 0 saturated heterocycles. The summed E-state index contributed by atoms with van der Waals surface area (Å²) in [7, 11) is 0. The first-order valence-electron chi connectivity index (χ1n) is 4.86. The van der Waals surface area contributed by atoms with Crippen molar-refractivity contribution in [2.45, 2.75) is 0 Å². The van der Waals surface area contributed by atoms with Crippen molar-refractivity contribution in [3.05, 3.63) is 36.4 Å². The fraction of sp³-hybridized carbons (Fsp3) is 0. The number of phenols is 4. The van der Waals surface area contributed by atoms with Crippen molar-refractivity contribution in [1.82, 2.24) is 0 Å². The normalized spacial score (nSPS) is 10.1. The number of phenolic OH excluding ortho intramolecular Hbond substituents is 4. The third-order valence-corrected chi connectivity index (χ3v) is 2.09. The van der Waals surface area contributed by atoms with Gasteiger partial charge in [0.2, 0.25) is 0 Å². The van der Waals surface area contributed by atoms with Crippen molar-refractivity contribution in [2.75, 3.05) is 5.32 Å². The quantitative estimate of drug-likeness (QED) is 0.548. The van der Waals surface area contributed by atoms with E-state index in [0.29, 0.717) is 11.4 Å². The molecule has 0 unspecified atom stereocenters. The lowest BCUT2D eigenvalue weighted by Crippen LogP contribution is -1.89. The molecule has 0 amide bonds.